The lowest BCUT2D eigenvalue weighted by Gasteiger charge is -2.27. The molecule has 0 bridgehead atoms. The molecule has 0 rings (SSSR count). The molecule has 0 heterocycles. The van der Waals surface area contributed by atoms with Gasteiger partial charge in [0.1, 0.15) is 24.2 Å². The molecule has 39 heavy (non-hydrogen) atoms. The average Bonchev–Trinajstić information content (AvgIpc) is 2.81. The van der Waals surface area contributed by atoms with E-state index in [-0.39, 0.29) is 5.75 Å². The van der Waals surface area contributed by atoms with Crippen LogP contribution in [0.25, 0.3) is 0 Å². The fourth-order valence-electron chi connectivity index (χ4n) is 2.99. The smallest absolute Gasteiger partial charge is 0.327 e. The maximum atomic E-state index is 12.9. The second-order valence-electron chi connectivity index (χ2n) is 8.67. The molecule has 0 fully saturated rings. The predicted molar refractivity (Wildman–Crippen MR) is 133 cm³/mol. The first kappa shape index (κ1) is 35.1. The van der Waals surface area contributed by atoms with Gasteiger partial charge in [-0.05, 0) is 12.3 Å². The number of thiol groups is 1. The molecular formula is C21H33N5O12S. The molecule has 17 nitrogen and oxygen atoms in total. The number of carboxylic acid groups (broad SMARTS) is 4. The molecule has 4 amide bonds. The first-order valence-electron chi connectivity index (χ1n) is 11.5. The number of hydrogen-bond donors (Lipinski definition) is 10. The Hall–Kier alpha value is -3.93. The summed E-state index contributed by atoms with van der Waals surface area (Å²) in [6, 6.07) is -7.77. The monoisotopic (exact) mass is 579 g/mol. The van der Waals surface area contributed by atoms with E-state index < -0.39 is 109 Å². The minimum Gasteiger partial charge on any atom is -0.481 e. The van der Waals surface area contributed by atoms with E-state index in [1.165, 1.54) is 13.8 Å². The van der Waals surface area contributed by atoms with Gasteiger partial charge in [-0.1, -0.05) is 13.8 Å². The highest BCUT2D eigenvalue weighted by atomic mass is 32.1. The van der Waals surface area contributed by atoms with Gasteiger partial charge < -0.3 is 47.4 Å². The lowest BCUT2D eigenvalue weighted by atomic mass is 10.0. The van der Waals surface area contributed by atoms with Crippen LogP contribution in [0.1, 0.15) is 39.5 Å². The third kappa shape index (κ3) is 13.4. The minimum absolute atomic E-state index is 0.334. The molecular weight excluding hydrogens is 546 g/mol. The van der Waals surface area contributed by atoms with Crippen LogP contribution < -0.4 is 27.0 Å². The highest BCUT2D eigenvalue weighted by Crippen LogP contribution is 2.07. The van der Waals surface area contributed by atoms with Gasteiger partial charge in [-0.3, -0.25) is 33.6 Å². The Bertz CT molecular complexity index is 960. The maximum Gasteiger partial charge on any atom is 0.327 e. The molecule has 0 saturated heterocycles. The Morgan fingerprint density at radius 2 is 1.15 bits per heavy atom. The Balaban J connectivity index is 5.78. The number of carbonyl (C=O) groups excluding carboxylic acids is 4. The third-order valence-corrected chi connectivity index (χ3v) is 5.43. The van der Waals surface area contributed by atoms with Gasteiger partial charge in [0, 0.05) is 12.2 Å². The molecule has 220 valence electrons. The van der Waals surface area contributed by atoms with Crippen LogP contribution >= 0.6 is 12.6 Å². The van der Waals surface area contributed by atoms with E-state index in [1.54, 1.807) is 0 Å². The van der Waals surface area contributed by atoms with Crippen molar-refractivity contribution in [3.8, 4) is 0 Å². The summed E-state index contributed by atoms with van der Waals surface area (Å²) in [6.45, 7) is 2.96. The molecule has 0 aromatic rings. The summed E-state index contributed by atoms with van der Waals surface area (Å²) in [5.41, 5.74) is 5.47. The van der Waals surface area contributed by atoms with Gasteiger partial charge in [-0.25, -0.2) is 4.79 Å². The Morgan fingerprint density at radius 1 is 0.667 bits per heavy atom. The highest BCUT2D eigenvalue weighted by molar-refractivity contribution is 7.80. The van der Waals surface area contributed by atoms with Gasteiger partial charge in [-0.15, -0.1) is 0 Å². The van der Waals surface area contributed by atoms with Crippen LogP contribution in [0.3, 0.4) is 0 Å². The predicted octanol–water partition coefficient (Wildman–Crippen LogP) is -3.26. The zero-order chi connectivity index (χ0) is 30.4. The van der Waals surface area contributed by atoms with Crippen LogP contribution in [0.5, 0.6) is 0 Å². The fourth-order valence-corrected chi connectivity index (χ4v) is 3.24. The van der Waals surface area contributed by atoms with Crippen LogP contribution in [0.4, 0.5) is 0 Å². The van der Waals surface area contributed by atoms with Crippen molar-refractivity contribution >= 4 is 60.1 Å². The van der Waals surface area contributed by atoms with E-state index in [2.05, 4.69) is 28.6 Å². The number of nitrogens with one attached hydrogen (secondary N) is 4. The number of hydrogen-bond acceptors (Lipinski definition) is 10. The van der Waals surface area contributed by atoms with Gasteiger partial charge in [0.25, 0.3) is 0 Å². The van der Waals surface area contributed by atoms with Gasteiger partial charge in [0.15, 0.2) is 0 Å². The summed E-state index contributed by atoms with van der Waals surface area (Å²) >= 11 is 3.79. The number of carboxylic acids is 4. The third-order valence-electron chi connectivity index (χ3n) is 5.07. The van der Waals surface area contributed by atoms with Crippen LogP contribution in [0.15, 0.2) is 0 Å². The van der Waals surface area contributed by atoms with Crippen LogP contribution in [-0.2, 0) is 38.4 Å². The first-order chi connectivity index (χ1) is 18.0. The van der Waals surface area contributed by atoms with Crippen molar-refractivity contribution in [1.82, 2.24) is 21.3 Å². The Kier molecular flexibility index (Phi) is 15.1. The lowest BCUT2D eigenvalue weighted by molar-refractivity contribution is -0.143. The highest BCUT2D eigenvalue weighted by Gasteiger charge is 2.34. The van der Waals surface area contributed by atoms with Crippen molar-refractivity contribution in [3.63, 3.8) is 0 Å². The Labute approximate surface area is 227 Å². The lowest BCUT2D eigenvalue weighted by Crippen LogP contribution is -2.60. The largest absolute Gasteiger partial charge is 0.481 e. The second-order valence-corrected chi connectivity index (χ2v) is 9.03. The number of nitrogens with two attached hydrogens (primary N) is 1. The number of rotatable bonds is 18. The van der Waals surface area contributed by atoms with Gasteiger partial charge in [0.2, 0.25) is 23.6 Å². The van der Waals surface area contributed by atoms with Crippen molar-refractivity contribution in [2.75, 3.05) is 5.75 Å². The molecule has 0 aliphatic carbocycles. The fraction of sp³-hybridized carbons (Fsp3) is 0.619. The van der Waals surface area contributed by atoms with Gasteiger partial charge in [-0.2, -0.15) is 12.6 Å². The van der Waals surface area contributed by atoms with E-state index in [0.29, 0.717) is 0 Å². The zero-order valence-corrected chi connectivity index (χ0v) is 22.0. The topological polar surface area (TPSA) is 292 Å². The van der Waals surface area contributed by atoms with Crippen LogP contribution in [0, 0.1) is 5.92 Å². The zero-order valence-electron chi connectivity index (χ0n) is 21.1. The van der Waals surface area contributed by atoms with Crippen LogP contribution in [-0.4, -0.2) is 104 Å². The van der Waals surface area contributed by atoms with Crippen molar-refractivity contribution < 1.29 is 58.8 Å². The van der Waals surface area contributed by atoms with Crippen LogP contribution in [0.2, 0.25) is 0 Å². The summed E-state index contributed by atoms with van der Waals surface area (Å²) in [4.78, 5) is 94.8. The average molecular weight is 580 g/mol. The molecule has 0 aromatic carbocycles. The molecule has 0 unspecified atom stereocenters. The standard InChI is InChI=1S/C21H33N5O12S/c1-8(2)16(20(36)24-11(6-15(31)32)19(35)25-12(7-39)21(37)38)26-18(34)10(3-4-13(27)28)23-17(33)9(22)5-14(29)30/h8-12,16,39H,3-7,22H2,1-2H3,(H,23,33)(H,24,36)(H,25,35)(H,26,34)(H,27,28)(H,29,30)(H,31,32)(H,37,38)/t9-,10-,11-,12+,16-/m0/s1. The minimum atomic E-state index is -1.74. The van der Waals surface area contributed by atoms with E-state index in [4.69, 9.17) is 26.2 Å². The number of amides is 4. The van der Waals surface area contributed by atoms with Crippen molar-refractivity contribution in [2.24, 2.45) is 11.7 Å². The van der Waals surface area contributed by atoms with E-state index >= 15 is 0 Å². The number of aliphatic carboxylic acids is 4. The summed E-state index contributed by atoms with van der Waals surface area (Å²) < 4.78 is 0. The summed E-state index contributed by atoms with van der Waals surface area (Å²) in [6.07, 6.45) is -2.77. The molecule has 0 aliphatic heterocycles. The SMILES string of the molecule is CC(C)[C@H](NC(=O)[C@H](CCC(=O)O)NC(=O)[C@@H](N)CC(=O)O)C(=O)N[C@@H](CC(=O)O)C(=O)N[C@H](CS)C(=O)O. The van der Waals surface area contributed by atoms with E-state index in [0.717, 1.165) is 0 Å². The maximum absolute atomic E-state index is 12.9. The molecule has 18 heteroatoms. The van der Waals surface area contributed by atoms with Crippen molar-refractivity contribution in [2.45, 2.75) is 69.7 Å². The first-order valence-corrected chi connectivity index (χ1v) is 12.1. The molecule has 0 saturated carbocycles. The summed E-state index contributed by atoms with van der Waals surface area (Å²) in [5, 5.41) is 44.6. The van der Waals surface area contributed by atoms with Gasteiger partial charge in [0.05, 0.1) is 18.9 Å². The van der Waals surface area contributed by atoms with Crippen molar-refractivity contribution in [1.29, 1.82) is 0 Å². The van der Waals surface area contributed by atoms with E-state index in [1.807, 2.05) is 5.32 Å². The van der Waals surface area contributed by atoms with Gasteiger partial charge >= 0.3 is 23.9 Å². The second kappa shape index (κ2) is 16.8. The van der Waals surface area contributed by atoms with Crippen molar-refractivity contribution in [3.05, 3.63) is 0 Å². The van der Waals surface area contributed by atoms with E-state index in [9.17, 15) is 38.4 Å². The summed E-state index contributed by atoms with van der Waals surface area (Å²) in [5.74, 6) is -11.0. The number of carbonyl (C=O) groups is 8. The molecule has 0 aromatic heterocycles. The molecule has 0 radical (unpaired) electrons. The molecule has 0 spiro atoms. The molecule has 5 atom stereocenters. The molecule has 0 aliphatic rings. The Morgan fingerprint density at radius 3 is 1.59 bits per heavy atom. The molecule has 10 N–H and O–H groups in total. The normalized spacial score (nSPS) is 14.6. The summed E-state index contributed by atoms with van der Waals surface area (Å²) in [7, 11) is 0. The quantitative estimate of drug-likeness (QED) is 0.0714.